The molecule has 0 atom stereocenters. The Kier molecular flexibility index (Phi) is 5.41. The molecule has 1 amide bonds. The monoisotopic (exact) mass is 343 g/mol. The second-order valence-corrected chi connectivity index (χ2v) is 6.91. The van der Waals surface area contributed by atoms with E-state index in [1.165, 1.54) is 38.2 Å². The fourth-order valence-electron chi connectivity index (χ4n) is 3.50. The normalized spacial score (nSPS) is 15.3. The second-order valence-electron chi connectivity index (χ2n) is 6.91. The molecule has 0 bridgehead atoms. The quantitative estimate of drug-likeness (QED) is 0.844. The van der Waals surface area contributed by atoms with Crippen molar-refractivity contribution in [2.75, 3.05) is 13.2 Å². The van der Waals surface area contributed by atoms with Crippen LogP contribution in [0.5, 0.6) is 5.75 Å². The van der Waals surface area contributed by atoms with Gasteiger partial charge in [0.2, 0.25) is 0 Å². The maximum Gasteiger partial charge on any atom is 0.336 e. The van der Waals surface area contributed by atoms with E-state index in [9.17, 15) is 9.59 Å². The second kappa shape index (κ2) is 7.72. The largest absolute Gasteiger partial charge is 0.483 e. The lowest BCUT2D eigenvalue weighted by Gasteiger charge is -2.21. The Morgan fingerprint density at radius 3 is 2.76 bits per heavy atom. The van der Waals surface area contributed by atoms with E-state index in [0.29, 0.717) is 17.3 Å². The lowest BCUT2D eigenvalue weighted by molar-refractivity contribution is -0.123. The van der Waals surface area contributed by atoms with E-state index in [1.807, 2.05) is 26.0 Å². The topological polar surface area (TPSA) is 68.5 Å². The third-order valence-corrected chi connectivity index (χ3v) is 4.99. The van der Waals surface area contributed by atoms with Gasteiger partial charge >= 0.3 is 5.63 Å². The van der Waals surface area contributed by atoms with Crippen molar-refractivity contribution in [2.45, 2.75) is 46.0 Å². The number of carbonyl (C=O) groups is 1. The number of ether oxygens (including phenoxy) is 1. The van der Waals surface area contributed by atoms with Gasteiger partial charge < -0.3 is 14.5 Å². The van der Waals surface area contributed by atoms with Gasteiger partial charge in [0, 0.05) is 23.6 Å². The average Bonchev–Trinajstić information content (AvgIpc) is 2.61. The van der Waals surface area contributed by atoms with Crippen LogP contribution in [0.3, 0.4) is 0 Å². The molecule has 0 spiro atoms. The van der Waals surface area contributed by atoms with Gasteiger partial charge in [-0.05, 0) is 50.3 Å². The number of hydrogen-bond donors (Lipinski definition) is 1. The fourth-order valence-corrected chi connectivity index (χ4v) is 3.50. The Labute approximate surface area is 147 Å². The first-order chi connectivity index (χ1) is 12.0. The number of nitrogens with one attached hydrogen (secondary N) is 1. The minimum Gasteiger partial charge on any atom is -0.483 e. The number of fused-ring (bicyclic) bond motifs is 1. The molecular formula is C20H25NO4. The standard InChI is InChI=1S/C20H25NO4/c1-13-10-19(23)25-20-14(2)17(9-8-16(13)20)24-12-18(22)21-11-15-6-4-3-5-7-15/h8-10,15H,3-7,11-12H2,1-2H3,(H,21,22). The van der Waals surface area contributed by atoms with Gasteiger partial charge in [-0.25, -0.2) is 4.79 Å². The maximum absolute atomic E-state index is 12.0. The summed E-state index contributed by atoms with van der Waals surface area (Å²) in [4.78, 5) is 23.6. The molecule has 0 unspecified atom stereocenters. The van der Waals surface area contributed by atoms with Crippen molar-refractivity contribution in [2.24, 2.45) is 5.92 Å². The van der Waals surface area contributed by atoms with E-state index < -0.39 is 0 Å². The van der Waals surface area contributed by atoms with Crippen LogP contribution in [-0.2, 0) is 4.79 Å². The van der Waals surface area contributed by atoms with E-state index in [-0.39, 0.29) is 18.1 Å². The molecule has 5 heteroatoms. The Bertz CT molecular complexity index is 818. The Hall–Kier alpha value is -2.30. The summed E-state index contributed by atoms with van der Waals surface area (Å²) in [5.41, 5.74) is 1.74. The Morgan fingerprint density at radius 1 is 1.24 bits per heavy atom. The predicted molar refractivity (Wildman–Crippen MR) is 97.0 cm³/mol. The molecule has 1 N–H and O–H groups in total. The van der Waals surface area contributed by atoms with Gasteiger partial charge in [-0.3, -0.25) is 4.79 Å². The molecule has 5 nitrogen and oxygen atoms in total. The number of benzene rings is 1. The zero-order valence-corrected chi connectivity index (χ0v) is 14.9. The van der Waals surface area contributed by atoms with Crippen molar-refractivity contribution in [1.82, 2.24) is 5.32 Å². The van der Waals surface area contributed by atoms with Crippen LogP contribution < -0.4 is 15.7 Å². The SMILES string of the molecule is Cc1cc(=O)oc2c(C)c(OCC(=O)NCC3CCCCC3)ccc12. The van der Waals surface area contributed by atoms with Gasteiger partial charge in [0.05, 0.1) is 0 Å². The van der Waals surface area contributed by atoms with Crippen LogP contribution in [-0.4, -0.2) is 19.1 Å². The molecule has 1 aliphatic rings. The minimum atomic E-state index is -0.379. The van der Waals surface area contributed by atoms with Crippen LogP contribution in [0.25, 0.3) is 11.0 Å². The zero-order valence-electron chi connectivity index (χ0n) is 14.9. The van der Waals surface area contributed by atoms with Crippen molar-refractivity contribution in [3.8, 4) is 5.75 Å². The van der Waals surface area contributed by atoms with Crippen molar-refractivity contribution >= 4 is 16.9 Å². The molecule has 1 aliphatic carbocycles. The van der Waals surface area contributed by atoms with E-state index in [1.54, 1.807) is 0 Å². The molecule has 2 aromatic rings. The highest BCUT2D eigenvalue weighted by Crippen LogP contribution is 2.28. The first-order valence-electron chi connectivity index (χ1n) is 8.98. The molecule has 0 aliphatic heterocycles. The zero-order chi connectivity index (χ0) is 17.8. The molecule has 1 saturated carbocycles. The highest BCUT2D eigenvalue weighted by molar-refractivity contribution is 5.85. The summed E-state index contributed by atoms with van der Waals surface area (Å²) in [6.07, 6.45) is 6.23. The van der Waals surface area contributed by atoms with Crippen LogP contribution in [0.1, 0.15) is 43.2 Å². The summed E-state index contributed by atoms with van der Waals surface area (Å²) in [5, 5.41) is 3.84. The molecular weight excluding hydrogens is 318 g/mol. The lowest BCUT2D eigenvalue weighted by atomic mass is 9.89. The first kappa shape index (κ1) is 17.5. The van der Waals surface area contributed by atoms with Gasteiger partial charge in [0.25, 0.3) is 5.91 Å². The van der Waals surface area contributed by atoms with Gasteiger partial charge in [-0.1, -0.05) is 19.3 Å². The number of carbonyl (C=O) groups excluding carboxylic acids is 1. The summed E-state index contributed by atoms with van der Waals surface area (Å²) in [5.74, 6) is 1.04. The minimum absolute atomic E-state index is 0.0326. The van der Waals surface area contributed by atoms with Crippen molar-refractivity contribution in [3.05, 3.63) is 39.7 Å². The third kappa shape index (κ3) is 4.21. The summed E-state index contributed by atoms with van der Waals surface area (Å²) < 4.78 is 11.0. The van der Waals surface area contributed by atoms with Gasteiger partial charge in [0.1, 0.15) is 11.3 Å². The summed E-state index contributed by atoms with van der Waals surface area (Å²) in [7, 11) is 0. The Balaban J connectivity index is 1.61. The molecule has 134 valence electrons. The van der Waals surface area contributed by atoms with Gasteiger partial charge in [-0.2, -0.15) is 0 Å². The highest BCUT2D eigenvalue weighted by Gasteiger charge is 2.15. The smallest absolute Gasteiger partial charge is 0.336 e. The maximum atomic E-state index is 12.0. The average molecular weight is 343 g/mol. The summed E-state index contributed by atoms with van der Waals surface area (Å²) in [6, 6.07) is 5.15. The van der Waals surface area contributed by atoms with Crippen molar-refractivity contribution in [3.63, 3.8) is 0 Å². The van der Waals surface area contributed by atoms with Crippen LogP contribution in [0.2, 0.25) is 0 Å². The molecule has 0 saturated heterocycles. The molecule has 25 heavy (non-hydrogen) atoms. The number of aryl methyl sites for hydroxylation is 2. The van der Waals surface area contributed by atoms with Gasteiger partial charge in [-0.15, -0.1) is 0 Å². The van der Waals surface area contributed by atoms with Gasteiger partial charge in [0.15, 0.2) is 6.61 Å². The van der Waals surface area contributed by atoms with E-state index >= 15 is 0 Å². The van der Waals surface area contributed by atoms with Crippen LogP contribution in [0.15, 0.2) is 27.4 Å². The number of hydrogen-bond acceptors (Lipinski definition) is 4. The van der Waals surface area contributed by atoms with E-state index in [4.69, 9.17) is 9.15 Å². The molecule has 3 rings (SSSR count). The molecule has 0 radical (unpaired) electrons. The molecule has 1 fully saturated rings. The lowest BCUT2D eigenvalue weighted by Crippen LogP contribution is -2.33. The molecule has 1 aromatic heterocycles. The Morgan fingerprint density at radius 2 is 2.00 bits per heavy atom. The van der Waals surface area contributed by atoms with Crippen molar-refractivity contribution < 1.29 is 13.9 Å². The van der Waals surface area contributed by atoms with Crippen LogP contribution in [0.4, 0.5) is 0 Å². The molecule has 1 heterocycles. The fraction of sp³-hybridized carbons (Fsp3) is 0.500. The highest BCUT2D eigenvalue weighted by atomic mass is 16.5. The van der Waals surface area contributed by atoms with Crippen molar-refractivity contribution in [1.29, 1.82) is 0 Å². The summed E-state index contributed by atoms with van der Waals surface area (Å²) in [6.45, 7) is 4.40. The van der Waals surface area contributed by atoms with Crippen LogP contribution >= 0.6 is 0 Å². The molecule has 1 aromatic carbocycles. The number of amides is 1. The van der Waals surface area contributed by atoms with Crippen LogP contribution in [0, 0.1) is 19.8 Å². The summed E-state index contributed by atoms with van der Waals surface area (Å²) >= 11 is 0. The number of rotatable bonds is 5. The first-order valence-corrected chi connectivity index (χ1v) is 8.98. The third-order valence-electron chi connectivity index (χ3n) is 4.99. The predicted octanol–water partition coefficient (Wildman–Crippen LogP) is 3.49. The van der Waals surface area contributed by atoms with E-state index in [0.717, 1.165) is 23.1 Å². The van der Waals surface area contributed by atoms with E-state index in [2.05, 4.69) is 5.32 Å².